The topological polar surface area (TPSA) is 87.2 Å². The predicted molar refractivity (Wildman–Crippen MR) is 82.5 cm³/mol. The van der Waals surface area contributed by atoms with Crippen LogP contribution in [0.3, 0.4) is 0 Å². The summed E-state index contributed by atoms with van der Waals surface area (Å²) < 4.78 is 19.0. The van der Waals surface area contributed by atoms with E-state index in [0.29, 0.717) is 16.9 Å². The van der Waals surface area contributed by atoms with Crippen molar-refractivity contribution in [2.24, 2.45) is 5.73 Å². The Morgan fingerprint density at radius 3 is 2.65 bits per heavy atom. The van der Waals surface area contributed by atoms with E-state index in [1.54, 1.807) is 6.92 Å². The molecule has 0 saturated heterocycles. The Kier molecular flexibility index (Phi) is 5.13. The Bertz CT molecular complexity index is 769. The number of carbonyl (C=O) groups is 2. The number of hydrogen-bond acceptors (Lipinski definition) is 4. The maximum absolute atomic E-state index is 13.0. The quantitative estimate of drug-likeness (QED) is 0.668. The van der Waals surface area contributed by atoms with Gasteiger partial charge in [0.25, 0.3) is 5.91 Å². The lowest BCUT2D eigenvalue weighted by molar-refractivity contribution is -0.142. The summed E-state index contributed by atoms with van der Waals surface area (Å²) in [5, 5.41) is 4.50. The predicted octanol–water partition coefficient (Wildman–Crippen LogP) is 2.01. The van der Waals surface area contributed by atoms with Gasteiger partial charge in [-0.1, -0.05) is 11.6 Å². The summed E-state index contributed by atoms with van der Waals surface area (Å²) in [4.78, 5) is 22.0. The molecule has 0 aliphatic carbocycles. The molecule has 0 fully saturated rings. The van der Waals surface area contributed by atoms with Gasteiger partial charge in [0.05, 0.1) is 11.4 Å². The summed E-state index contributed by atoms with van der Waals surface area (Å²) in [6, 6.07) is 5.64. The fraction of sp³-hybridized carbons (Fsp3) is 0.133. The highest BCUT2D eigenvalue weighted by molar-refractivity contribution is 6.31. The number of benzene rings is 1. The largest absolute Gasteiger partial charge is 0.452 e. The second-order valence-electron chi connectivity index (χ2n) is 4.59. The first-order valence-corrected chi connectivity index (χ1v) is 6.90. The molecule has 0 atom stereocenters. The standard InChI is InChI=1S/C15H13ClFN3O3/c1-9-12(6-7-14(22)23-8-13(18)21)15(16)20(19-9)11-4-2-10(17)3-5-11/h2-7H,8H2,1H3,(H2,18,21)/b7-6+. The first-order valence-electron chi connectivity index (χ1n) is 6.52. The van der Waals surface area contributed by atoms with Gasteiger partial charge in [0, 0.05) is 11.6 Å². The van der Waals surface area contributed by atoms with Gasteiger partial charge in [-0.05, 0) is 37.3 Å². The second-order valence-corrected chi connectivity index (χ2v) is 4.94. The summed E-state index contributed by atoms with van der Waals surface area (Å²) in [5.74, 6) is -1.84. The number of hydrogen-bond donors (Lipinski definition) is 1. The Morgan fingerprint density at radius 2 is 2.04 bits per heavy atom. The van der Waals surface area contributed by atoms with Gasteiger partial charge in [-0.25, -0.2) is 13.9 Å². The van der Waals surface area contributed by atoms with Gasteiger partial charge in [-0.2, -0.15) is 5.10 Å². The molecule has 1 aromatic carbocycles. The van der Waals surface area contributed by atoms with E-state index < -0.39 is 18.5 Å². The number of nitrogens with zero attached hydrogens (tertiary/aromatic N) is 2. The van der Waals surface area contributed by atoms with Crippen LogP contribution in [0.25, 0.3) is 11.8 Å². The summed E-state index contributed by atoms with van der Waals surface area (Å²) >= 11 is 6.24. The van der Waals surface area contributed by atoms with Gasteiger partial charge in [0.2, 0.25) is 0 Å². The van der Waals surface area contributed by atoms with E-state index in [9.17, 15) is 14.0 Å². The van der Waals surface area contributed by atoms with Gasteiger partial charge >= 0.3 is 5.97 Å². The lowest BCUT2D eigenvalue weighted by atomic mass is 10.2. The Labute approximate surface area is 136 Å². The highest BCUT2D eigenvalue weighted by Crippen LogP contribution is 2.24. The number of aryl methyl sites for hydroxylation is 1. The molecule has 0 radical (unpaired) electrons. The molecular formula is C15H13ClFN3O3. The van der Waals surface area contributed by atoms with E-state index in [-0.39, 0.29) is 11.0 Å². The minimum atomic E-state index is -0.745. The summed E-state index contributed by atoms with van der Waals surface area (Å²) in [6.07, 6.45) is 2.54. The van der Waals surface area contributed by atoms with Crippen LogP contribution in [0, 0.1) is 12.7 Å². The van der Waals surface area contributed by atoms with Crippen LogP contribution in [0.15, 0.2) is 30.3 Å². The van der Waals surface area contributed by atoms with Gasteiger partial charge < -0.3 is 10.5 Å². The number of halogens is 2. The van der Waals surface area contributed by atoms with Gasteiger partial charge in [0.15, 0.2) is 6.61 Å². The number of carbonyl (C=O) groups excluding carboxylic acids is 2. The summed E-state index contributed by atoms with van der Waals surface area (Å²) in [7, 11) is 0. The minimum Gasteiger partial charge on any atom is -0.452 e. The number of rotatable bonds is 5. The van der Waals surface area contributed by atoms with Gasteiger partial charge in [-0.15, -0.1) is 0 Å². The Balaban J connectivity index is 2.22. The van der Waals surface area contributed by atoms with Crippen LogP contribution in [-0.2, 0) is 14.3 Å². The monoisotopic (exact) mass is 337 g/mol. The van der Waals surface area contributed by atoms with Crippen molar-refractivity contribution in [3.05, 3.63) is 52.6 Å². The van der Waals surface area contributed by atoms with Crippen molar-refractivity contribution < 1.29 is 18.7 Å². The first kappa shape index (κ1) is 16.7. The Morgan fingerprint density at radius 1 is 1.39 bits per heavy atom. The number of aromatic nitrogens is 2. The van der Waals surface area contributed by atoms with Gasteiger partial charge in [-0.3, -0.25) is 4.79 Å². The molecule has 0 saturated carbocycles. The molecular weight excluding hydrogens is 325 g/mol. The first-order chi connectivity index (χ1) is 10.9. The molecule has 1 aromatic heterocycles. The van der Waals surface area contributed by atoms with Crippen molar-refractivity contribution in [1.29, 1.82) is 0 Å². The fourth-order valence-electron chi connectivity index (χ4n) is 1.80. The Hall–Kier alpha value is -2.67. The zero-order valence-electron chi connectivity index (χ0n) is 12.1. The zero-order valence-corrected chi connectivity index (χ0v) is 12.9. The second kappa shape index (κ2) is 7.06. The number of esters is 1. The highest BCUT2D eigenvalue weighted by Gasteiger charge is 2.13. The van der Waals surface area contributed by atoms with E-state index in [2.05, 4.69) is 9.84 Å². The maximum Gasteiger partial charge on any atom is 0.331 e. The molecule has 120 valence electrons. The smallest absolute Gasteiger partial charge is 0.331 e. The normalized spacial score (nSPS) is 10.9. The molecule has 0 aliphatic rings. The highest BCUT2D eigenvalue weighted by atomic mass is 35.5. The van der Waals surface area contributed by atoms with Crippen LogP contribution in [0.2, 0.25) is 5.15 Å². The van der Waals surface area contributed by atoms with Crippen molar-refractivity contribution in [3.63, 3.8) is 0 Å². The number of primary amides is 1. The zero-order chi connectivity index (χ0) is 17.0. The number of nitrogens with two attached hydrogens (primary N) is 1. The van der Waals surface area contributed by atoms with Crippen molar-refractivity contribution >= 4 is 29.6 Å². The average Bonchev–Trinajstić information content (AvgIpc) is 2.79. The van der Waals surface area contributed by atoms with Crippen molar-refractivity contribution in [3.8, 4) is 5.69 Å². The van der Waals surface area contributed by atoms with E-state index in [1.165, 1.54) is 35.0 Å². The lowest BCUT2D eigenvalue weighted by Gasteiger charge is -2.02. The SMILES string of the molecule is Cc1nn(-c2ccc(F)cc2)c(Cl)c1/C=C/C(=O)OCC(N)=O. The van der Waals surface area contributed by atoms with Crippen LogP contribution in [0.1, 0.15) is 11.3 Å². The molecule has 1 amide bonds. The van der Waals surface area contributed by atoms with Gasteiger partial charge in [0.1, 0.15) is 11.0 Å². The molecule has 6 nitrogen and oxygen atoms in total. The number of ether oxygens (including phenoxy) is 1. The lowest BCUT2D eigenvalue weighted by Crippen LogP contribution is -2.19. The third kappa shape index (κ3) is 4.17. The average molecular weight is 338 g/mol. The maximum atomic E-state index is 13.0. The van der Waals surface area contributed by atoms with Crippen LogP contribution >= 0.6 is 11.6 Å². The molecule has 0 spiro atoms. The van der Waals surface area contributed by atoms with Crippen molar-refractivity contribution in [2.75, 3.05) is 6.61 Å². The van der Waals surface area contributed by atoms with Crippen molar-refractivity contribution in [2.45, 2.75) is 6.92 Å². The molecule has 0 unspecified atom stereocenters. The summed E-state index contributed by atoms with van der Waals surface area (Å²) in [6.45, 7) is 1.21. The number of amides is 1. The van der Waals surface area contributed by atoms with Crippen LogP contribution in [0.4, 0.5) is 4.39 Å². The van der Waals surface area contributed by atoms with Crippen LogP contribution in [0.5, 0.6) is 0 Å². The third-order valence-corrected chi connectivity index (χ3v) is 3.23. The third-order valence-electron chi connectivity index (χ3n) is 2.86. The molecule has 23 heavy (non-hydrogen) atoms. The van der Waals surface area contributed by atoms with E-state index >= 15 is 0 Å². The summed E-state index contributed by atoms with van der Waals surface area (Å²) in [5.41, 5.74) is 6.53. The van der Waals surface area contributed by atoms with Crippen molar-refractivity contribution in [1.82, 2.24) is 9.78 Å². The van der Waals surface area contributed by atoms with Crippen LogP contribution < -0.4 is 5.73 Å². The molecule has 0 aliphatic heterocycles. The van der Waals surface area contributed by atoms with E-state index in [0.717, 1.165) is 6.08 Å². The van der Waals surface area contributed by atoms with E-state index in [4.69, 9.17) is 17.3 Å². The van der Waals surface area contributed by atoms with E-state index in [1.807, 2.05) is 0 Å². The molecule has 2 rings (SSSR count). The fourth-order valence-corrected chi connectivity index (χ4v) is 2.13. The molecule has 2 N–H and O–H groups in total. The minimum absolute atomic E-state index is 0.257. The molecule has 2 aromatic rings. The molecule has 1 heterocycles. The molecule has 8 heteroatoms. The van der Waals surface area contributed by atoms with Crippen LogP contribution in [-0.4, -0.2) is 28.3 Å². The molecule has 0 bridgehead atoms.